The van der Waals surface area contributed by atoms with E-state index in [1.54, 1.807) is 25.1 Å². The zero-order valence-corrected chi connectivity index (χ0v) is 17.2. The summed E-state index contributed by atoms with van der Waals surface area (Å²) in [6.45, 7) is 3.03. The van der Waals surface area contributed by atoms with Gasteiger partial charge in [-0.15, -0.1) is 0 Å². The second kappa shape index (κ2) is 8.94. The Kier molecular flexibility index (Phi) is 6.87. The van der Waals surface area contributed by atoms with Crippen molar-refractivity contribution in [1.29, 1.82) is 0 Å². The average molecular weight is 408 g/mol. The van der Waals surface area contributed by atoms with Crippen molar-refractivity contribution in [1.82, 2.24) is 4.72 Å². The van der Waals surface area contributed by atoms with E-state index in [0.717, 1.165) is 0 Å². The zero-order chi connectivity index (χ0) is 20.9. The number of carbonyl (C=O) groups is 1. The number of hydrogen-bond acceptors (Lipinski definition) is 6. The molecule has 2 aromatic rings. The Bertz CT molecular complexity index is 959. The van der Waals surface area contributed by atoms with Crippen LogP contribution in [0.3, 0.4) is 0 Å². The van der Waals surface area contributed by atoms with Crippen LogP contribution in [0.2, 0.25) is 0 Å². The molecular formula is C19H24N2O6S. The molecule has 1 amide bonds. The van der Waals surface area contributed by atoms with Gasteiger partial charge < -0.3 is 19.5 Å². The monoisotopic (exact) mass is 408 g/mol. The molecule has 9 heteroatoms. The molecule has 0 fully saturated rings. The Balaban J connectivity index is 2.37. The first-order valence-corrected chi connectivity index (χ1v) is 9.90. The number of hydrogen-bond donors (Lipinski definition) is 2. The van der Waals surface area contributed by atoms with Crippen molar-refractivity contribution < 1.29 is 27.4 Å². The van der Waals surface area contributed by atoms with E-state index in [-0.39, 0.29) is 16.5 Å². The summed E-state index contributed by atoms with van der Waals surface area (Å²) in [5, 5.41) is 2.56. The van der Waals surface area contributed by atoms with E-state index in [2.05, 4.69) is 10.0 Å². The molecule has 0 aliphatic rings. The van der Waals surface area contributed by atoms with Gasteiger partial charge in [0.25, 0.3) is 0 Å². The fourth-order valence-electron chi connectivity index (χ4n) is 2.68. The third-order valence-electron chi connectivity index (χ3n) is 4.03. The second-order valence-corrected chi connectivity index (χ2v) is 7.71. The van der Waals surface area contributed by atoms with Crippen LogP contribution in [0.15, 0.2) is 41.3 Å². The highest BCUT2D eigenvalue weighted by atomic mass is 32.2. The molecule has 28 heavy (non-hydrogen) atoms. The predicted octanol–water partition coefficient (Wildman–Crippen LogP) is 2.71. The van der Waals surface area contributed by atoms with E-state index in [1.165, 1.54) is 46.5 Å². The number of methoxy groups -OCH3 is 3. The summed E-state index contributed by atoms with van der Waals surface area (Å²) < 4.78 is 44.1. The van der Waals surface area contributed by atoms with Crippen LogP contribution >= 0.6 is 0 Å². The minimum atomic E-state index is -3.89. The van der Waals surface area contributed by atoms with Crippen LogP contribution in [0, 0.1) is 0 Å². The minimum Gasteiger partial charge on any atom is -0.497 e. The van der Waals surface area contributed by atoms with Crippen molar-refractivity contribution in [3.8, 4) is 17.2 Å². The Morgan fingerprint density at radius 3 is 2.18 bits per heavy atom. The molecule has 2 aromatic carbocycles. The number of rotatable bonds is 8. The molecule has 0 bridgehead atoms. The van der Waals surface area contributed by atoms with Gasteiger partial charge >= 0.3 is 0 Å². The fraction of sp³-hybridized carbons (Fsp3) is 0.316. The smallest absolute Gasteiger partial charge is 0.241 e. The summed E-state index contributed by atoms with van der Waals surface area (Å²) in [5.74, 6) is 1.14. The molecule has 0 saturated carbocycles. The Labute approximate surface area is 164 Å². The van der Waals surface area contributed by atoms with Gasteiger partial charge in [-0.25, -0.2) is 13.1 Å². The molecule has 1 atom stereocenters. The van der Waals surface area contributed by atoms with Crippen molar-refractivity contribution in [3.63, 3.8) is 0 Å². The molecule has 0 aliphatic carbocycles. The van der Waals surface area contributed by atoms with Crippen LogP contribution in [-0.4, -0.2) is 35.7 Å². The van der Waals surface area contributed by atoms with Crippen molar-refractivity contribution in [2.75, 3.05) is 26.6 Å². The molecule has 8 nitrogen and oxygen atoms in total. The molecule has 0 radical (unpaired) electrons. The number of amides is 1. The van der Waals surface area contributed by atoms with E-state index in [0.29, 0.717) is 22.8 Å². The first kappa shape index (κ1) is 21.5. The average Bonchev–Trinajstić information content (AvgIpc) is 2.66. The quantitative estimate of drug-likeness (QED) is 0.696. The van der Waals surface area contributed by atoms with E-state index in [1.807, 2.05) is 0 Å². The van der Waals surface area contributed by atoms with Gasteiger partial charge in [0.15, 0.2) is 0 Å². The highest BCUT2D eigenvalue weighted by molar-refractivity contribution is 7.89. The lowest BCUT2D eigenvalue weighted by Crippen LogP contribution is -2.27. The van der Waals surface area contributed by atoms with Crippen LogP contribution in [0.5, 0.6) is 17.2 Å². The zero-order valence-electron chi connectivity index (χ0n) is 16.4. The maximum atomic E-state index is 12.9. The minimum absolute atomic E-state index is 0.00855. The van der Waals surface area contributed by atoms with Gasteiger partial charge in [-0.3, -0.25) is 4.79 Å². The Morgan fingerprint density at radius 1 is 0.964 bits per heavy atom. The summed E-state index contributed by atoms with van der Waals surface area (Å²) in [6.07, 6.45) is 0. The first-order valence-electron chi connectivity index (χ1n) is 8.41. The molecule has 0 spiro atoms. The Hall–Kier alpha value is -2.78. The molecule has 2 N–H and O–H groups in total. The molecular weight excluding hydrogens is 384 g/mol. The number of carbonyl (C=O) groups excluding carboxylic acids is 1. The summed E-state index contributed by atoms with van der Waals surface area (Å²) in [7, 11) is 0.585. The standard InChI is InChI=1S/C19H24N2O6S/c1-12(16-10-14(25-3)6-8-18(16)26-4)21-28(23,24)15-7-9-19(27-5)17(11-15)20-13(2)22/h6-12,21H,1-5H3,(H,20,22)/t12-/m1/s1. The van der Waals surface area contributed by atoms with Crippen molar-refractivity contribution in [2.24, 2.45) is 0 Å². The molecule has 0 aromatic heterocycles. The second-order valence-electron chi connectivity index (χ2n) is 5.99. The number of ether oxygens (including phenoxy) is 3. The van der Waals surface area contributed by atoms with E-state index in [4.69, 9.17) is 14.2 Å². The number of sulfonamides is 1. The fourth-order valence-corrected chi connectivity index (χ4v) is 3.93. The van der Waals surface area contributed by atoms with Gasteiger partial charge in [0.05, 0.1) is 31.9 Å². The van der Waals surface area contributed by atoms with Gasteiger partial charge in [0.2, 0.25) is 15.9 Å². The SMILES string of the molecule is COc1ccc(OC)c([C@@H](C)NS(=O)(=O)c2ccc(OC)c(NC(C)=O)c2)c1. The Morgan fingerprint density at radius 2 is 1.61 bits per heavy atom. The van der Waals surface area contributed by atoms with Gasteiger partial charge in [0.1, 0.15) is 17.2 Å². The molecule has 152 valence electrons. The molecule has 0 unspecified atom stereocenters. The number of anilines is 1. The highest BCUT2D eigenvalue weighted by Crippen LogP contribution is 2.31. The third kappa shape index (κ3) is 4.93. The molecule has 2 rings (SSSR count). The van der Waals surface area contributed by atoms with Crippen LogP contribution in [0.4, 0.5) is 5.69 Å². The van der Waals surface area contributed by atoms with Gasteiger partial charge in [-0.1, -0.05) is 0 Å². The van der Waals surface area contributed by atoms with Crippen LogP contribution in [0.1, 0.15) is 25.5 Å². The van der Waals surface area contributed by atoms with E-state index >= 15 is 0 Å². The summed E-state index contributed by atoms with van der Waals surface area (Å²) >= 11 is 0. The number of nitrogens with one attached hydrogen (secondary N) is 2. The largest absolute Gasteiger partial charge is 0.497 e. The molecule has 0 aliphatic heterocycles. The van der Waals surface area contributed by atoms with E-state index < -0.39 is 16.1 Å². The third-order valence-corrected chi connectivity index (χ3v) is 5.57. The maximum Gasteiger partial charge on any atom is 0.241 e. The summed E-state index contributed by atoms with van der Waals surface area (Å²) in [5.41, 5.74) is 0.894. The topological polar surface area (TPSA) is 103 Å². The summed E-state index contributed by atoms with van der Waals surface area (Å²) in [4.78, 5) is 11.4. The van der Waals surface area contributed by atoms with Crippen molar-refractivity contribution in [2.45, 2.75) is 24.8 Å². The van der Waals surface area contributed by atoms with Gasteiger partial charge in [-0.2, -0.15) is 0 Å². The van der Waals surface area contributed by atoms with E-state index in [9.17, 15) is 13.2 Å². The first-order chi connectivity index (χ1) is 13.2. The van der Waals surface area contributed by atoms with Gasteiger partial charge in [0, 0.05) is 18.5 Å². The maximum absolute atomic E-state index is 12.9. The van der Waals surface area contributed by atoms with Crippen molar-refractivity contribution >= 4 is 21.6 Å². The van der Waals surface area contributed by atoms with Crippen LogP contribution in [0.25, 0.3) is 0 Å². The van der Waals surface area contributed by atoms with Crippen LogP contribution < -0.4 is 24.2 Å². The lowest BCUT2D eigenvalue weighted by molar-refractivity contribution is -0.114. The highest BCUT2D eigenvalue weighted by Gasteiger charge is 2.22. The van der Waals surface area contributed by atoms with Gasteiger partial charge in [-0.05, 0) is 43.3 Å². The predicted molar refractivity (Wildman–Crippen MR) is 106 cm³/mol. The molecule has 0 saturated heterocycles. The van der Waals surface area contributed by atoms with Crippen LogP contribution in [-0.2, 0) is 14.8 Å². The lowest BCUT2D eigenvalue weighted by atomic mass is 10.1. The van der Waals surface area contributed by atoms with Crippen molar-refractivity contribution in [3.05, 3.63) is 42.0 Å². The normalized spacial score (nSPS) is 12.2. The lowest BCUT2D eigenvalue weighted by Gasteiger charge is -2.19. The summed E-state index contributed by atoms with van der Waals surface area (Å²) in [6, 6.07) is 8.79. The number of benzene rings is 2. The molecule has 0 heterocycles.